The van der Waals surface area contributed by atoms with Gasteiger partial charge in [0.15, 0.2) is 12.4 Å². The molecule has 7 heteroatoms. The van der Waals surface area contributed by atoms with Crippen LogP contribution in [0.5, 0.6) is 0 Å². The molecule has 1 saturated heterocycles. The van der Waals surface area contributed by atoms with E-state index >= 15 is 0 Å². The summed E-state index contributed by atoms with van der Waals surface area (Å²) in [5, 5.41) is 10.1. The number of carbonyl (C=O) groups excluding carboxylic acids is 1. The van der Waals surface area contributed by atoms with Crippen molar-refractivity contribution < 1.29 is 33.6 Å². The van der Waals surface area contributed by atoms with E-state index in [2.05, 4.69) is 0 Å². The van der Waals surface area contributed by atoms with Crippen molar-refractivity contribution in [2.75, 3.05) is 26.4 Å². The third kappa shape index (κ3) is 5.19. The second kappa shape index (κ2) is 9.32. The maximum absolute atomic E-state index is 11.3. The number of aliphatic hydroxyl groups is 1. The third-order valence-electron chi connectivity index (χ3n) is 3.12. The molecular weight excluding hydrogens is 280 g/mol. The van der Waals surface area contributed by atoms with Crippen LogP contribution in [0.25, 0.3) is 0 Å². The van der Waals surface area contributed by atoms with Crippen LogP contribution in [0.15, 0.2) is 0 Å². The van der Waals surface area contributed by atoms with Gasteiger partial charge in [-0.2, -0.15) is 0 Å². The van der Waals surface area contributed by atoms with Gasteiger partial charge in [-0.05, 0) is 20.8 Å². The van der Waals surface area contributed by atoms with Crippen LogP contribution >= 0.6 is 0 Å². The number of hydrogen-bond acceptors (Lipinski definition) is 7. The molecule has 5 atom stereocenters. The van der Waals surface area contributed by atoms with Crippen molar-refractivity contribution in [1.29, 1.82) is 0 Å². The molecule has 0 spiro atoms. The minimum absolute atomic E-state index is 0.202. The lowest BCUT2D eigenvalue weighted by Crippen LogP contribution is -2.61. The molecule has 1 heterocycles. The molecule has 21 heavy (non-hydrogen) atoms. The molecule has 1 aliphatic heterocycles. The van der Waals surface area contributed by atoms with Crippen LogP contribution in [0.2, 0.25) is 0 Å². The Morgan fingerprint density at radius 1 is 1.05 bits per heavy atom. The number of hydrogen-bond donors (Lipinski definition) is 1. The average Bonchev–Trinajstić information content (AvgIpc) is 2.43. The van der Waals surface area contributed by atoms with E-state index in [1.54, 1.807) is 0 Å². The molecule has 1 rings (SSSR count). The minimum atomic E-state index is -1.15. The Hall–Kier alpha value is -0.730. The zero-order valence-corrected chi connectivity index (χ0v) is 13.1. The van der Waals surface area contributed by atoms with Gasteiger partial charge in [0.2, 0.25) is 0 Å². The van der Waals surface area contributed by atoms with Gasteiger partial charge in [-0.3, -0.25) is 4.79 Å². The summed E-state index contributed by atoms with van der Waals surface area (Å²) in [7, 11) is 0. The molecular formula is C14H26O7. The molecule has 7 nitrogen and oxygen atoms in total. The quantitative estimate of drug-likeness (QED) is 0.653. The van der Waals surface area contributed by atoms with Crippen molar-refractivity contribution in [2.45, 2.75) is 58.4 Å². The van der Waals surface area contributed by atoms with Gasteiger partial charge in [-0.1, -0.05) is 0 Å². The van der Waals surface area contributed by atoms with Gasteiger partial charge >= 0.3 is 5.97 Å². The van der Waals surface area contributed by atoms with E-state index in [1.807, 2.05) is 20.8 Å². The first-order valence-electron chi connectivity index (χ1n) is 7.36. The highest BCUT2D eigenvalue weighted by Crippen LogP contribution is 2.27. The molecule has 0 amide bonds. The van der Waals surface area contributed by atoms with Crippen molar-refractivity contribution in [3.8, 4) is 0 Å². The molecule has 0 aliphatic carbocycles. The summed E-state index contributed by atoms with van der Waals surface area (Å²) in [4.78, 5) is 11.3. The molecule has 0 aromatic carbocycles. The van der Waals surface area contributed by atoms with Crippen molar-refractivity contribution in [3.05, 3.63) is 0 Å². The largest absolute Gasteiger partial charge is 0.457 e. The average molecular weight is 306 g/mol. The van der Waals surface area contributed by atoms with Gasteiger partial charge in [0.1, 0.15) is 18.3 Å². The van der Waals surface area contributed by atoms with E-state index in [1.165, 1.54) is 6.92 Å². The lowest BCUT2D eigenvalue weighted by Gasteiger charge is -2.43. The molecule has 0 radical (unpaired) electrons. The van der Waals surface area contributed by atoms with Crippen LogP contribution in [0, 0.1) is 0 Å². The monoisotopic (exact) mass is 306 g/mol. The summed E-state index contributed by atoms with van der Waals surface area (Å²) < 4.78 is 27.3. The van der Waals surface area contributed by atoms with Crippen molar-refractivity contribution in [3.63, 3.8) is 0 Å². The maximum Gasteiger partial charge on any atom is 0.303 e. The number of esters is 1. The van der Waals surface area contributed by atoms with Crippen molar-refractivity contribution >= 4 is 5.97 Å². The fourth-order valence-electron chi connectivity index (χ4n) is 2.35. The Morgan fingerprint density at radius 3 is 2.19 bits per heavy atom. The molecule has 0 bridgehead atoms. The third-order valence-corrected chi connectivity index (χ3v) is 3.12. The van der Waals surface area contributed by atoms with Crippen molar-refractivity contribution in [2.24, 2.45) is 0 Å². The second-order valence-corrected chi connectivity index (χ2v) is 4.64. The Labute approximate surface area is 125 Å². The van der Waals surface area contributed by atoms with E-state index < -0.39 is 36.7 Å². The minimum Gasteiger partial charge on any atom is -0.457 e. The highest BCUT2D eigenvalue weighted by atomic mass is 16.7. The number of aliphatic hydroxyl groups excluding tert-OH is 1. The first kappa shape index (κ1) is 18.3. The Morgan fingerprint density at radius 2 is 1.67 bits per heavy atom. The van der Waals surface area contributed by atoms with Crippen LogP contribution in [-0.2, 0) is 28.5 Å². The summed E-state index contributed by atoms with van der Waals surface area (Å²) in [5.74, 6) is -0.443. The summed E-state index contributed by atoms with van der Waals surface area (Å²) in [5.41, 5.74) is 0. The lowest BCUT2D eigenvalue weighted by atomic mass is 9.98. The topological polar surface area (TPSA) is 83.5 Å². The van der Waals surface area contributed by atoms with Gasteiger partial charge in [0.05, 0.1) is 6.61 Å². The van der Waals surface area contributed by atoms with E-state index in [9.17, 15) is 9.90 Å². The predicted molar refractivity (Wildman–Crippen MR) is 73.8 cm³/mol. The summed E-state index contributed by atoms with van der Waals surface area (Å²) in [6.45, 7) is 8.29. The van der Waals surface area contributed by atoms with Crippen LogP contribution in [0.3, 0.4) is 0 Å². The standard InChI is InChI=1S/C14H26O7/c1-5-17-8-10-11(20-9(4)15)12(18-6-2)13(19-7-3)14(16)21-10/h10-14,16H,5-8H2,1-4H3/t10-,11-,12+,13+,14+/m1/s1. The summed E-state index contributed by atoms with van der Waals surface area (Å²) >= 11 is 0. The molecule has 0 aromatic rings. The fraction of sp³-hybridized carbons (Fsp3) is 0.929. The Kier molecular flexibility index (Phi) is 8.13. The van der Waals surface area contributed by atoms with Crippen LogP contribution in [0.4, 0.5) is 0 Å². The molecule has 1 aliphatic rings. The number of ether oxygens (including phenoxy) is 5. The molecule has 1 fully saturated rings. The van der Waals surface area contributed by atoms with E-state index in [0.29, 0.717) is 19.8 Å². The molecule has 1 N–H and O–H groups in total. The highest BCUT2D eigenvalue weighted by molar-refractivity contribution is 5.66. The first-order chi connectivity index (χ1) is 10.0. The zero-order valence-electron chi connectivity index (χ0n) is 13.1. The van der Waals surface area contributed by atoms with Gasteiger partial charge in [0, 0.05) is 26.7 Å². The van der Waals surface area contributed by atoms with Gasteiger partial charge < -0.3 is 28.8 Å². The smallest absolute Gasteiger partial charge is 0.303 e. The summed E-state index contributed by atoms with van der Waals surface area (Å²) in [6, 6.07) is 0. The van der Waals surface area contributed by atoms with Crippen molar-refractivity contribution in [1.82, 2.24) is 0 Å². The Balaban J connectivity index is 2.92. The highest BCUT2D eigenvalue weighted by Gasteiger charge is 2.48. The summed E-state index contributed by atoms with van der Waals surface area (Å²) in [6.07, 6.45) is -3.75. The second-order valence-electron chi connectivity index (χ2n) is 4.64. The van der Waals surface area contributed by atoms with E-state index in [4.69, 9.17) is 23.7 Å². The Bertz CT molecular complexity index is 310. The van der Waals surface area contributed by atoms with E-state index in [-0.39, 0.29) is 6.61 Å². The van der Waals surface area contributed by atoms with E-state index in [0.717, 1.165) is 0 Å². The molecule has 0 saturated carbocycles. The SMILES string of the molecule is CCOC[C@H]1O[C@H](O)[C@@H](OCC)[C@@H](OCC)[C@@H]1OC(C)=O. The normalized spacial score (nSPS) is 32.9. The zero-order chi connectivity index (χ0) is 15.8. The predicted octanol–water partition coefficient (Wildman–Crippen LogP) is 0.482. The van der Waals surface area contributed by atoms with Gasteiger partial charge in [-0.15, -0.1) is 0 Å². The maximum atomic E-state index is 11.3. The van der Waals surface area contributed by atoms with Crippen LogP contribution < -0.4 is 0 Å². The lowest BCUT2D eigenvalue weighted by molar-refractivity contribution is -0.306. The number of carbonyl (C=O) groups is 1. The van der Waals surface area contributed by atoms with Gasteiger partial charge in [-0.25, -0.2) is 0 Å². The first-order valence-corrected chi connectivity index (χ1v) is 7.36. The molecule has 124 valence electrons. The van der Waals surface area contributed by atoms with Crippen LogP contribution in [-0.4, -0.2) is 68.2 Å². The van der Waals surface area contributed by atoms with Gasteiger partial charge in [0.25, 0.3) is 0 Å². The molecule has 0 aromatic heterocycles. The molecule has 0 unspecified atom stereocenters. The van der Waals surface area contributed by atoms with Crippen LogP contribution in [0.1, 0.15) is 27.7 Å². The fourth-order valence-corrected chi connectivity index (χ4v) is 2.35. The number of rotatable bonds is 8.